The largest absolute Gasteiger partial charge is 0.421 e. The van der Waals surface area contributed by atoms with Crippen LogP contribution < -0.4 is 5.76 Å². The van der Waals surface area contributed by atoms with Crippen molar-refractivity contribution < 1.29 is 4.42 Å². The zero-order valence-electron chi connectivity index (χ0n) is 10.9. The van der Waals surface area contributed by atoms with Gasteiger partial charge in [-0.15, -0.1) is 0 Å². The van der Waals surface area contributed by atoms with E-state index in [9.17, 15) is 4.79 Å². The van der Waals surface area contributed by atoms with Crippen LogP contribution in [0.15, 0.2) is 27.4 Å². The number of fused-ring (bicyclic) bond motifs is 1. The zero-order chi connectivity index (χ0) is 13.4. The first kappa shape index (κ1) is 12.8. The standard InChI is InChI=1S/C14H17ClN2O2/c1-10-3-2-6-16(8-10)9-17-12-5-4-11(15)7-13(12)19-14(17)18/h4-5,7,10H,2-3,6,8-9H2,1H3/t10-/m0/s1. The second-order valence-electron chi connectivity index (χ2n) is 5.37. The first-order valence-electron chi connectivity index (χ1n) is 6.65. The first-order valence-corrected chi connectivity index (χ1v) is 7.02. The van der Waals surface area contributed by atoms with Gasteiger partial charge in [0.05, 0.1) is 12.2 Å². The lowest BCUT2D eigenvalue weighted by Gasteiger charge is -2.30. The lowest BCUT2D eigenvalue weighted by molar-refractivity contribution is 0.143. The third kappa shape index (κ3) is 2.55. The number of aromatic nitrogens is 1. The molecule has 4 nitrogen and oxygen atoms in total. The van der Waals surface area contributed by atoms with Gasteiger partial charge in [-0.2, -0.15) is 0 Å². The number of hydrogen-bond donors (Lipinski definition) is 0. The van der Waals surface area contributed by atoms with Gasteiger partial charge in [-0.25, -0.2) is 4.79 Å². The predicted molar refractivity (Wildman–Crippen MR) is 75.5 cm³/mol. The van der Waals surface area contributed by atoms with E-state index in [-0.39, 0.29) is 5.76 Å². The summed E-state index contributed by atoms with van der Waals surface area (Å²) in [6.07, 6.45) is 2.46. The van der Waals surface area contributed by atoms with Crippen LogP contribution in [0.1, 0.15) is 19.8 Å². The fourth-order valence-electron chi connectivity index (χ4n) is 2.79. The van der Waals surface area contributed by atoms with Crippen molar-refractivity contribution in [2.75, 3.05) is 13.1 Å². The summed E-state index contributed by atoms with van der Waals surface area (Å²) in [6, 6.07) is 5.32. The van der Waals surface area contributed by atoms with Gasteiger partial charge in [0.1, 0.15) is 0 Å². The van der Waals surface area contributed by atoms with Gasteiger partial charge in [0, 0.05) is 17.6 Å². The van der Waals surface area contributed by atoms with Gasteiger partial charge >= 0.3 is 5.76 Å². The summed E-state index contributed by atoms with van der Waals surface area (Å²) < 4.78 is 6.93. The number of piperidine rings is 1. The molecule has 0 bridgehead atoms. The highest BCUT2D eigenvalue weighted by Gasteiger charge is 2.18. The van der Waals surface area contributed by atoms with Crippen LogP contribution in [0.4, 0.5) is 0 Å². The Morgan fingerprint density at radius 3 is 3.11 bits per heavy atom. The van der Waals surface area contributed by atoms with Crippen LogP contribution in [0.2, 0.25) is 5.02 Å². The molecule has 5 heteroatoms. The van der Waals surface area contributed by atoms with Crippen LogP contribution in [-0.4, -0.2) is 22.6 Å². The summed E-state index contributed by atoms with van der Waals surface area (Å²) in [4.78, 5) is 14.2. The van der Waals surface area contributed by atoms with Crippen molar-refractivity contribution in [2.45, 2.75) is 26.4 Å². The maximum absolute atomic E-state index is 11.9. The van der Waals surface area contributed by atoms with Crippen molar-refractivity contribution in [3.8, 4) is 0 Å². The molecule has 1 atom stereocenters. The predicted octanol–water partition coefficient (Wildman–Crippen LogP) is 2.94. The second kappa shape index (κ2) is 5.02. The molecule has 1 aromatic carbocycles. The molecule has 2 heterocycles. The van der Waals surface area contributed by atoms with E-state index < -0.39 is 0 Å². The van der Waals surface area contributed by atoms with Crippen LogP contribution in [0.5, 0.6) is 0 Å². The van der Waals surface area contributed by atoms with Crippen molar-refractivity contribution in [3.63, 3.8) is 0 Å². The third-order valence-electron chi connectivity index (χ3n) is 3.71. The normalized spacial score (nSPS) is 21.1. The molecule has 0 aliphatic carbocycles. The van der Waals surface area contributed by atoms with Gasteiger partial charge in [0.2, 0.25) is 0 Å². The van der Waals surface area contributed by atoms with Gasteiger partial charge in [0.15, 0.2) is 5.58 Å². The van der Waals surface area contributed by atoms with Crippen molar-refractivity contribution in [3.05, 3.63) is 33.8 Å². The van der Waals surface area contributed by atoms with E-state index in [0.717, 1.165) is 18.6 Å². The first-order chi connectivity index (χ1) is 9.13. The Kier molecular flexibility index (Phi) is 3.37. The monoisotopic (exact) mass is 280 g/mol. The summed E-state index contributed by atoms with van der Waals surface area (Å²) in [5, 5.41) is 0.583. The average molecular weight is 281 g/mol. The number of rotatable bonds is 2. The molecule has 0 amide bonds. The quantitative estimate of drug-likeness (QED) is 0.849. The molecule has 3 rings (SSSR count). The maximum Gasteiger partial charge on any atom is 0.421 e. The zero-order valence-corrected chi connectivity index (χ0v) is 11.7. The molecule has 102 valence electrons. The smallest absolute Gasteiger partial charge is 0.408 e. The molecule has 0 spiro atoms. The molecule has 1 aliphatic rings. The molecule has 0 N–H and O–H groups in total. The molecule has 19 heavy (non-hydrogen) atoms. The third-order valence-corrected chi connectivity index (χ3v) is 3.95. The Morgan fingerprint density at radius 1 is 1.47 bits per heavy atom. The minimum atomic E-state index is -0.310. The van der Waals surface area contributed by atoms with Gasteiger partial charge in [-0.05, 0) is 37.4 Å². The van der Waals surface area contributed by atoms with Gasteiger partial charge in [0.25, 0.3) is 0 Å². The maximum atomic E-state index is 11.9. The van der Waals surface area contributed by atoms with Gasteiger partial charge in [-0.1, -0.05) is 18.5 Å². The molecule has 1 aliphatic heterocycles. The molecular weight excluding hydrogens is 264 g/mol. The van der Waals surface area contributed by atoms with Crippen molar-refractivity contribution in [1.29, 1.82) is 0 Å². The molecule has 1 fully saturated rings. The fraction of sp³-hybridized carbons (Fsp3) is 0.500. The highest BCUT2D eigenvalue weighted by atomic mass is 35.5. The summed E-state index contributed by atoms with van der Waals surface area (Å²) in [7, 11) is 0. The molecule has 0 saturated carbocycles. The minimum absolute atomic E-state index is 0.310. The molecular formula is C14H17ClN2O2. The van der Waals surface area contributed by atoms with Crippen molar-refractivity contribution >= 4 is 22.7 Å². The highest BCUT2D eigenvalue weighted by molar-refractivity contribution is 6.31. The van der Waals surface area contributed by atoms with Gasteiger partial charge < -0.3 is 4.42 Å². The SMILES string of the molecule is C[C@H]1CCCN(Cn2c(=O)oc3cc(Cl)ccc32)C1. The Balaban J connectivity index is 1.92. The summed E-state index contributed by atoms with van der Waals surface area (Å²) >= 11 is 5.91. The number of benzene rings is 1. The Labute approximate surface area is 116 Å². The van der Waals surface area contributed by atoms with Crippen LogP contribution in [0.25, 0.3) is 11.1 Å². The lowest BCUT2D eigenvalue weighted by atomic mass is 10.0. The number of likely N-dealkylation sites (tertiary alicyclic amines) is 1. The van der Waals surface area contributed by atoms with Crippen LogP contribution >= 0.6 is 11.6 Å². The van der Waals surface area contributed by atoms with Gasteiger partial charge in [-0.3, -0.25) is 9.47 Å². The average Bonchev–Trinajstić information content (AvgIpc) is 2.65. The number of nitrogens with zero attached hydrogens (tertiary/aromatic N) is 2. The van der Waals surface area contributed by atoms with Crippen LogP contribution in [-0.2, 0) is 6.67 Å². The lowest BCUT2D eigenvalue weighted by Crippen LogP contribution is -2.37. The van der Waals surface area contributed by atoms with Crippen LogP contribution in [0.3, 0.4) is 0 Å². The minimum Gasteiger partial charge on any atom is -0.408 e. The number of hydrogen-bond acceptors (Lipinski definition) is 3. The van der Waals surface area contributed by atoms with E-state index in [2.05, 4.69) is 11.8 Å². The molecule has 1 aromatic heterocycles. The van der Waals surface area contributed by atoms with E-state index in [1.807, 2.05) is 6.07 Å². The van der Waals surface area contributed by atoms with E-state index in [0.29, 0.717) is 23.2 Å². The number of oxazole rings is 1. The Bertz CT molecular complexity index is 646. The molecule has 0 unspecified atom stereocenters. The summed E-state index contributed by atoms with van der Waals surface area (Å²) in [5.74, 6) is 0.382. The van der Waals surface area contributed by atoms with Crippen molar-refractivity contribution in [2.24, 2.45) is 5.92 Å². The van der Waals surface area contributed by atoms with E-state index in [1.165, 1.54) is 12.8 Å². The highest BCUT2D eigenvalue weighted by Crippen LogP contribution is 2.20. The van der Waals surface area contributed by atoms with Crippen LogP contribution in [0, 0.1) is 5.92 Å². The summed E-state index contributed by atoms with van der Waals surface area (Å²) in [6.45, 7) is 4.92. The van der Waals surface area contributed by atoms with E-state index in [4.69, 9.17) is 16.0 Å². The molecule has 2 aromatic rings. The fourth-order valence-corrected chi connectivity index (χ4v) is 2.95. The molecule has 1 saturated heterocycles. The van der Waals surface area contributed by atoms with E-state index >= 15 is 0 Å². The second-order valence-corrected chi connectivity index (χ2v) is 5.81. The Morgan fingerprint density at radius 2 is 2.32 bits per heavy atom. The van der Waals surface area contributed by atoms with Crippen molar-refractivity contribution in [1.82, 2.24) is 9.47 Å². The Hall–Kier alpha value is -1.26. The number of halogens is 1. The molecule has 0 radical (unpaired) electrons. The topological polar surface area (TPSA) is 38.4 Å². The van der Waals surface area contributed by atoms with E-state index in [1.54, 1.807) is 16.7 Å². The summed E-state index contributed by atoms with van der Waals surface area (Å²) in [5.41, 5.74) is 1.37.